The zero-order valence-corrected chi connectivity index (χ0v) is 9.24. The molecule has 0 amide bonds. The molecule has 9 heteroatoms. The standard InChI is InChI=1S/C9H10N8O/c10-6(1-5-2-11-4-12-5)9-14-8(16-18-9)7-3-13-17-15-7/h2-4,6H,1,10H2,(H,11,12)(H,13,15,17)/t6-/m1/s1. The first kappa shape index (κ1) is 10.6. The number of nitrogens with two attached hydrogens (primary N) is 1. The van der Waals surface area contributed by atoms with Crippen molar-refractivity contribution in [2.24, 2.45) is 5.73 Å². The summed E-state index contributed by atoms with van der Waals surface area (Å²) in [5.74, 6) is 0.710. The third-order valence-corrected chi connectivity index (χ3v) is 2.40. The number of nitrogens with zero attached hydrogens (tertiary/aromatic N) is 5. The Balaban J connectivity index is 1.77. The third kappa shape index (κ3) is 1.98. The summed E-state index contributed by atoms with van der Waals surface area (Å²) in [6.07, 6.45) is 5.35. The minimum Gasteiger partial charge on any atom is -0.348 e. The molecule has 0 fully saturated rings. The Bertz CT molecular complexity index is 598. The van der Waals surface area contributed by atoms with E-state index in [9.17, 15) is 0 Å². The van der Waals surface area contributed by atoms with Gasteiger partial charge in [0.25, 0.3) is 0 Å². The van der Waals surface area contributed by atoms with Crippen molar-refractivity contribution in [2.45, 2.75) is 12.5 Å². The quantitative estimate of drug-likeness (QED) is 0.581. The van der Waals surface area contributed by atoms with Crippen LogP contribution in [0.5, 0.6) is 0 Å². The fraction of sp³-hybridized carbons (Fsp3) is 0.222. The maximum Gasteiger partial charge on any atom is 0.244 e. The molecule has 9 nitrogen and oxygen atoms in total. The van der Waals surface area contributed by atoms with Gasteiger partial charge in [0.2, 0.25) is 11.7 Å². The van der Waals surface area contributed by atoms with Crippen LogP contribution in [-0.2, 0) is 6.42 Å². The zero-order valence-electron chi connectivity index (χ0n) is 9.24. The van der Waals surface area contributed by atoms with Crippen LogP contribution in [0.15, 0.2) is 23.2 Å². The lowest BCUT2D eigenvalue weighted by molar-refractivity contribution is 0.354. The minimum absolute atomic E-state index is 0.350. The molecule has 0 aromatic carbocycles. The third-order valence-electron chi connectivity index (χ3n) is 2.40. The van der Waals surface area contributed by atoms with Crippen LogP contribution in [-0.4, -0.2) is 35.5 Å². The van der Waals surface area contributed by atoms with Gasteiger partial charge in [0.05, 0.1) is 18.6 Å². The Morgan fingerprint density at radius 2 is 2.33 bits per heavy atom. The van der Waals surface area contributed by atoms with Crippen molar-refractivity contribution in [1.29, 1.82) is 0 Å². The highest BCUT2D eigenvalue weighted by Gasteiger charge is 2.17. The predicted octanol–water partition coefficient (Wildman–Crippen LogP) is -0.180. The number of aromatic nitrogens is 7. The van der Waals surface area contributed by atoms with E-state index in [0.717, 1.165) is 5.69 Å². The van der Waals surface area contributed by atoms with Crippen molar-refractivity contribution in [3.8, 4) is 11.5 Å². The largest absolute Gasteiger partial charge is 0.348 e. The highest BCUT2D eigenvalue weighted by molar-refractivity contribution is 5.44. The van der Waals surface area contributed by atoms with Gasteiger partial charge < -0.3 is 15.2 Å². The van der Waals surface area contributed by atoms with Crippen LogP contribution in [0.1, 0.15) is 17.6 Å². The Morgan fingerprint density at radius 3 is 3.06 bits per heavy atom. The Kier molecular flexibility index (Phi) is 2.57. The van der Waals surface area contributed by atoms with Gasteiger partial charge in [0.1, 0.15) is 0 Å². The van der Waals surface area contributed by atoms with Gasteiger partial charge in [-0.3, -0.25) is 0 Å². The van der Waals surface area contributed by atoms with E-state index >= 15 is 0 Å². The molecule has 0 bridgehead atoms. The maximum absolute atomic E-state index is 5.97. The molecule has 3 rings (SSSR count). The average molecular weight is 246 g/mol. The number of nitrogens with one attached hydrogen (secondary N) is 2. The van der Waals surface area contributed by atoms with Crippen molar-refractivity contribution >= 4 is 0 Å². The summed E-state index contributed by atoms with van der Waals surface area (Å²) < 4.78 is 5.10. The molecule has 0 saturated heterocycles. The minimum atomic E-state index is -0.390. The first-order valence-corrected chi connectivity index (χ1v) is 5.25. The van der Waals surface area contributed by atoms with Gasteiger partial charge in [0.15, 0.2) is 5.69 Å². The summed E-state index contributed by atoms with van der Waals surface area (Å²) in [4.78, 5) is 11.1. The van der Waals surface area contributed by atoms with E-state index in [2.05, 4.69) is 35.5 Å². The van der Waals surface area contributed by atoms with Crippen molar-refractivity contribution < 1.29 is 4.52 Å². The molecule has 0 spiro atoms. The van der Waals surface area contributed by atoms with Crippen molar-refractivity contribution in [2.75, 3.05) is 0 Å². The van der Waals surface area contributed by atoms with E-state index in [4.69, 9.17) is 10.3 Å². The first-order valence-electron chi connectivity index (χ1n) is 5.25. The van der Waals surface area contributed by atoms with E-state index in [1.807, 2.05) is 0 Å². The second-order valence-corrected chi connectivity index (χ2v) is 3.70. The number of hydrogen-bond donors (Lipinski definition) is 3. The van der Waals surface area contributed by atoms with Gasteiger partial charge in [-0.05, 0) is 0 Å². The lowest BCUT2D eigenvalue weighted by Crippen LogP contribution is -2.14. The van der Waals surface area contributed by atoms with Crippen LogP contribution in [0.2, 0.25) is 0 Å². The Hall–Kier alpha value is -2.55. The fourth-order valence-corrected chi connectivity index (χ4v) is 1.52. The molecule has 3 aromatic rings. The lowest BCUT2D eigenvalue weighted by Gasteiger charge is -2.03. The lowest BCUT2D eigenvalue weighted by atomic mass is 10.2. The number of rotatable bonds is 4. The van der Waals surface area contributed by atoms with Crippen LogP contribution in [0.25, 0.3) is 11.5 Å². The smallest absolute Gasteiger partial charge is 0.244 e. The molecule has 0 saturated carbocycles. The van der Waals surface area contributed by atoms with Crippen molar-refractivity contribution in [3.63, 3.8) is 0 Å². The normalized spacial score (nSPS) is 12.7. The average Bonchev–Trinajstić information content (AvgIpc) is 3.11. The first-order chi connectivity index (χ1) is 8.83. The van der Waals surface area contributed by atoms with Crippen LogP contribution >= 0.6 is 0 Å². The van der Waals surface area contributed by atoms with Gasteiger partial charge in [0, 0.05) is 18.3 Å². The molecule has 1 atom stereocenters. The van der Waals surface area contributed by atoms with Crippen LogP contribution in [0, 0.1) is 0 Å². The SMILES string of the molecule is N[C@H](Cc1cnc[nH]1)c1nc(-c2cn[nH]n2)no1. The van der Waals surface area contributed by atoms with Gasteiger partial charge in [-0.2, -0.15) is 20.4 Å². The number of aromatic amines is 2. The topological polar surface area (TPSA) is 135 Å². The molecule has 0 aliphatic heterocycles. The fourth-order valence-electron chi connectivity index (χ4n) is 1.52. The van der Waals surface area contributed by atoms with Crippen LogP contribution in [0.3, 0.4) is 0 Å². The molecule has 0 radical (unpaired) electrons. The molecule has 4 N–H and O–H groups in total. The van der Waals surface area contributed by atoms with Crippen molar-refractivity contribution in [3.05, 3.63) is 30.3 Å². The Labute approximate surface area is 101 Å². The summed E-state index contributed by atoms with van der Waals surface area (Å²) in [6, 6.07) is -0.390. The van der Waals surface area contributed by atoms with Gasteiger partial charge in [-0.15, -0.1) is 0 Å². The zero-order chi connectivity index (χ0) is 12.4. The Morgan fingerprint density at radius 1 is 1.39 bits per heavy atom. The van der Waals surface area contributed by atoms with Gasteiger partial charge in [-0.1, -0.05) is 5.16 Å². The highest BCUT2D eigenvalue weighted by atomic mass is 16.5. The molecular weight excluding hydrogens is 236 g/mol. The summed E-state index contributed by atoms with van der Waals surface area (Å²) >= 11 is 0. The monoisotopic (exact) mass is 246 g/mol. The second-order valence-electron chi connectivity index (χ2n) is 3.70. The molecule has 18 heavy (non-hydrogen) atoms. The van der Waals surface area contributed by atoms with Gasteiger partial charge >= 0.3 is 0 Å². The molecule has 0 aliphatic rings. The van der Waals surface area contributed by atoms with E-state index in [1.54, 1.807) is 12.5 Å². The molecule has 3 heterocycles. The summed E-state index contributed by atoms with van der Waals surface area (Å²) in [6.45, 7) is 0. The van der Waals surface area contributed by atoms with Crippen molar-refractivity contribution in [1.82, 2.24) is 35.5 Å². The molecule has 0 aliphatic carbocycles. The van der Waals surface area contributed by atoms with Crippen LogP contribution < -0.4 is 5.73 Å². The van der Waals surface area contributed by atoms with Crippen LogP contribution in [0.4, 0.5) is 0 Å². The van der Waals surface area contributed by atoms with Gasteiger partial charge in [-0.25, -0.2) is 4.98 Å². The summed E-state index contributed by atoms with van der Waals surface area (Å²) in [5.41, 5.74) is 7.38. The number of imidazole rings is 1. The van der Waals surface area contributed by atoms with E-state index in [-0.39, 0.29) is 0 Å². The summed E-state index contributed by atoms with van der Waals surface area (Å²) in [5, 5.41) is 13.8. The highest BCUT2D eigenvalue weighted by Crippen LogP contribution is 2.16. The molecule has 92 valence electrons. The number of hydrogen-bond acceptors (Lipinski definition) is 7. The predicted molar refractivity (Wildman–Crippen MR) is 58.9 cm³/mol. The van der Waals surface area contributed by atoms with E-state index in [0.29, 0.717) is 23.8 Å². The molecule has 0 unspecified atom stereocenters. The molecular formula is C9H10N8O. The van der Waals surface area contributed by atoms with E-state index < -0.39 is 6.04 Å². The summed E-state index contributed by atoms with van der Waals surface area (Å²) in [7, 11) is 0. The molecule has 3 aromatic heterocycles. The maximum atomic E-state index is 5.97. The number of H-pyrrole nitrogens is 2. The van der Waals surface area contributed by atoms with E-state index in [1.165, 1.54) is 6.20 Å². The second kappa shape index (κ2) is 4.37.